The van der Waals surface area contributed by atoms with Gasteiger partial charge in [0.1, 0.15) is 17.4 Å². The second-order valence-electron chi connectivity index (χ2n) is 7.61. The summed E-state index contributed by atoms with van der Waals surface area (Å²) in [6, 6.07) is 8.42. The van der Waals surface area contributed by atoms with Crippen molar-refractivity contribution in [3.63, 3.8) is 0 Å². The first-order valence-electron chi connectivity index (χ1n) is 8.91. The summed E-state index contributed by atoms with van der Waals surface area (Å²) in [5.41, 5.74) is -0.128. The van der Waals surface area contributed by atoms with Crippen LogP contribution in [0.4, 0.5) is 22.0 Å². The highest BCUT2D eigenvalue weighted by atomic mass is 79.9. The normalized spacial score (nSPS) is 14.1. The predicted molar refractivity (Wildman–Crippen MR) is 112 cm³/mol. The van der Waals surface area contributed by atoms with Crippen LogP contribution < -0.4 is 0 Å². The van der Waals surface area contributed by atoms with Crippen molar-refractivity contribution in [3.8, 4) is 0 Å². The average molecular weight is 473 g/mol. The molecule has 0 amide bonds. The molecule has 0 N–H and O–H groups in total. The van der Waals surface area contributed by atoms with Crippen molar-refractivity contribution in [2.75, 3.05) is 0 Å². The highest BCUT2D eigenvalue weighted by Crippen LogP contribution is 2.40. The molecular weight excluding hydrogens is 451 g/mol. The van der Waals surface area contributed by atoms with Gasteiger partial charge >= 0.3 is 6.18 Å². The summed E-state index contributed by atoms with van der Waals surface area (Å²) < 4.78 is 71.1. The van der Waals surface area contributed by atoms with Gasteiger partial charge in [0.15, 0.2) is 0 Å². The van der Waals surface area contributed by atoms with Gasteiger partial charge in [0, 0.05) is 10.0 Å². The summed E-state index contributed by atoms with van der Waals surface area (Å²) in [4.78, 5) is 0. The smallest absolute Gasteiger partial charge is 0.239 e. The fraction of sp³-hybridized carbons (Fsp3) is 0.304. The van der Waals surface area contributed by atoms with Gasteiger partial charge in [-0.25, -0.2) is 8.78 Å². The molecule has 0 aromatic heterocycles. The van der Waals surface area contributed by atoms with Crippen LogP contribution in [0, 0.1) is 6.92 Å². The summed E-state index contributed by atoms with van der Waals surface area (Å²) in [5.74, 6) is -3.20. The van der Waals surface area contributed by atoms with E-state index in [-0.39, 0.29) is 16.7 Å². The Labute approximate surface area is 176 Å². The van der Waals surface area contributed by atoms with Crippen LogP contribution in [0.25, 0.3) is 11.4 Å². The molecule has 2 rings (SSSR count). The highest BCUT2D eigenvalue weighted by Gasteiger charge is 2.40. The number of hydrogen-bond donors (Lipinski definition) is 0. The molecule has 29 heavy (non-hydrogen) atoms. The minimum atomic E-state index is -4.69. The molecule has 2 aromatic carbocycles. The lowest BCUT2D eigenvalue weighted by molar-refractivity contribution is -0.139. The summed E-state index contributed by atoms with van der Waals surface area (Å²) >= 11 is 3.18. The Morgan fingerprint density at radius 1 is 1.07 bits per heavy atom. The first-order valence-corrected chi connectivity index (χ1v) is 9.70. The lowest BCUT2D eigenvalue weighted by Crippen LogP contribution is -2.19. The SMILES string of the molecule is C=C(C)c1ccc(/C(F)=C/C(c2cc(C)cc(Br)c2)C(F)(F)F)cc1C(C)(C)F. The first-order chi connectivity index (χ1) is 13.2. The Hall–Kier alpha value is -1.95. The Kier molecular flexibility index (Phi) is 6.78. The van der Waals surface area contributed by atoms with E-state index >= 15 is 0 Å². The zero-order valence-corrected chi connectivity index (χ0v) is 18.2. The zero-order valence-electron chi connectivity index (χ0n) is 16.6. The maximum atomic E-state index is 14.9. The van der Waals surface area contributed by atoms with E-state index < -0.39 is 23.6 Å². The first kappa shape index (κ1) is 23.3. The van der Waals surface area contributed by atoms with Crippen molar-refractivity contribution in [1.82, 2.24) is 0 Å². The monoisotopic (exact) mass is 472 g/mol. The lowest BCUT2D eigenvalue weighted by Gasteiger charge is -2.21. The molecule has 2 aromatic rings. The van der Waals surface area contributed by atoms with E-state index in [1.807, 2.05) is 0 Å². The van der Waals surface area contributed by atoms with Crippen molar-refractivity contribution in [2.45, 2.75) is 45.5 Å². The third kappa shape index (κ3) is 5.78. The number of rotatable bonds is 5. The van der Waals surface area contributed by atoms with Gasteiger partial charge in [-0.1, -0.05) is 46.3 Å². The molecule has 0 heterocycles. The number of aryl methyl sites for hydroxylation is 1. The minimum absolute atomic E-state index is 0.0795. The van der Waals surface area contributed by atoms with Gasteiger partial charge in [-0.3, -0.25) is 0 Å². The average Bonchev–Trinajstić information content (AvgIpc) is 2.56. The van der Waals surface area contributed by atoms with Crippen molar-refractivity contribution in [3.05, 3.63) is 81.3 Å². The molecule has 0 aliphatic heterocycles. The second kappa shape index (κ2) is 8.42. The number of halogens is 6. The van der Waals surface area contributed by atoms with E-state index in [1.165, 1.54) is 44.2 Å². The van der Waals surface area contributed by atoms with Crippen molar-refractivity contribution < 1.29 is 22.0 Å². The molecule has 1 atom stereocenters. The van der Waals surface area contributed by atoms with E-state index in [2.05, 4.69) is 22.5 Å². The molecule has 156 valence electrons. The van der Waals surface area contributed by atoms with E-state index in [9.17, 15) is 22.0 Å². The minimum Gasteiger partial charge on any atom is -0.239 e. The molecule has 0 aliphatic rings. The molecule has 0 radical (unpaired) electrons. The van der Waals surface area contributed by atoms with Crippen LogP contribution in [0.2, 0.25) is 0 Å². The predicted octanol–water partition coefficient (Wildman–Crippen LogP) is 8.65. The van der Waals surface area contributed by atoms with E-state index in [4.69, 9.17) is 0 Å². The maximum absolute atomic E-state index is 14.9. The number of hydrogen-bond acceptors (Lipinski definition) is 0. The molecule has 0 saturated carbocycles. The molecule has 1 unspecified atom stereocenters. The third-order valence-electron chi connectivity index (χ3n) is 4.48. The van der Waals surface area contributed by atoms with Crippen LogP contribution in [0.15, 0.2) is 53.5 Å². The lowest BCUT2D eigenvalue weighted by atomic mass is 9.89. The molecular formula is C23H22BrF5. The Morgan fingerprint density at radius 2 is 1.69 bits per heavy atom. The third-order valence-corrected chi connectivity index (χ3v) is 4.94. The Bertz CT molecular complexity index is 928. The molecule has 6 heteroatoms. The number of allylic oxidation sites excluding steroid dienone is 2. The van der Waals surface area contributed by atoms with Crippen LogP contribution in [-0.4, -0.2) is 6.18 Å². The van der Waals surface area contributed by atoms with Crippen LogP contribution in [-0.2, 0) is 5.67 Å². The standard InChI is InChI=1S/C23H22BrF5/c1-13(2)18-7-6-15(11-20(18)22(4,5)26)21(25)12-19(23(27,28)29)16-8-14(3)9-17(24)10-16/h6-12,19H,1H2,2-5H3/b21-12-. The number of alkyl halides is 4. The van der Waals surface area contributed by atoms with Gasteiger partial charge in [-0.15, -0.1) is 0 Å². The van der Waals surface area contributed by atoms with Gasteiger partial charge in [-0.05, 0) is 74.2 Å². The van der Waals surface area contributed by atoms with Crippen LogP contribution in [0.3, 0.4) is 0 Å². The topological polar surface area (TPSA) is 0 Å². The molecule has 0 nitrogen and oxygen atoms in total. The van der Waals surface area contributed by atoms with E-state index in [0.717, 1.165) is 0 Å². The Balaban J connectivity index is 2.60. The van der Waals surface area contributed by atoms with Crippen molar-refractivity contribution in [1.29, 1.82) is 0 Å². The van der Waals surface area contributed by atoms with Gasteiger partial charge in [0.25, 0.3) is 0 Å². The summed E-state index contributed by atoms with van der Waals surface area (Å²) in [6.45, 7) is 9.75. The number of benzene rings is 2. The van der Waals surface area contributed by atoms with Crippen molar-refractivity contribution >= 4 is 27.3 Å². The summed E-state index contributed by atoms with van der Waals surface area (Å²) in [7, 11) is 0. The maximum Gasteiger partial charge on any atom is 0.399 e. The summed E-state index contributed by atoms with van der Waals surface area (Å²) in [6.07, 6.45) is -4.16. The van der Waals surface area contributed by atoms with Gasteiger partial charge in [0.2, 0.25) is 0 Å². The molecule has 0 saturated heterocycles. The Morgan fingerprint density at radius 3 is 2.17 bits per heavy atom. The van der Waals surface area contributed by atoms with Crippen LogP contribution in [0.1, 0.15) is 54.5 Å². The second-order valence-corrected chi connectivity index (χ2v) is 8.52. The largest absolute Gasteiger partial charge is 0.399 e. The fourth-order valence-corrected chi connectivity index (χ4v) is 3.75. The molecule has 0 bridgehead atoms. The molecule has 0 spiro atoms. The van der Waals surface area contributed by atoms with Gasteiger partial charge in [0.05, 0.1) is 0 Å². The highest BCUT2D eigenvalue weighted by molar-refractivity contribution is 9.10. The van der Waals surface area contributed by atoms with Crippen LogP contribution in [0.5, 0.6) is 0 Å². The van der Waals surface area contributed by atoms with E-state index in [0.29, 0.717) is 27.2 Å². The van der Waals surface area contributed by atoms with Gasteiger partial charge < -0.3 is 0 Å². The van der Waals surface area contributed by atoms with Crippen molar-refractivity contribution in [2.24, 2.45) is 0 Å². The van der Waals surface area contributed by atoms with E-state index in [1.54, 1.807) is 19.9 Å². The quantitative estimate of drug-likeness (QED) is 0.381. The molecule has 0 fully saturated rings. The molecule has 0 aliphatic carbocycles. The summed E-state index contributed by atoms with van der Waals surface area (Å²) in [5, 5.41) is 0. The fourth-order valence-electron chi connectivity index (χ4n) is 3.12. The zero-order chi connectivity index (χ0) is 22.1. The van der Waals surface area contributed by atoms with Crippen LogP contribution >= 0.6 is 15.9 Å². The van der Waals surface area contributed by atoms with Gasteiger partial charge in [-0.2, -0.15) is 13.2 Å².